The molecule has 1 N–H and O–H groups in total. The highest BCUT2D eigenvalue weighted by molar-refractivity contribution is 5.73. The predicted octanol–water partition coefficient (Wildman–Crippen LogP) is 3.66. The van der Waals surface area contributed by atoms with E-state index >= 15 is 0 Å². The molecule has 0 amide bonds. The Hall–Kier alpha value is -4.60. The number of carboxylic acid groups (broad SMARTS) is 1. The third-order valence-corrected chi connectivity index (χ3v) is 5.26. The minimum Gasteiger partial charge on any atom is -0.491 e. The normalized spacial score (nSPS) is 10.2. The van der Waals surface area contributed by atoms with Gasteiger partial charge in [-0.15, -0.1) is 0 Å². The smallest absolute Gasteiger partial charge is 0.310 e. The highest BCUT2D eigenvalue weighted by atomic mass is 16.5. The van der Waals surface area contributed by atoms with Crippen molar-refractivity contribution in [3.05, 3.63) is 97.1 Å². The van der Waals surface area contributed by atoms with Gasteiger partial charge in [-0.1, -0.05) is 36.4 Å². The molecule has 0 aliphatic rings. The fraction of sp³-hybridized carbons (Fsp3) is 0.286. The van der Waals surface area contributed by atoms with Gasteiger partial charge in [-0.2, -0.15) is 0 Å². The van der Waals surface area contributed by atoms with E-state index in [9.17, 15) is 9.59 Å². The first kappa shape index (κ1) is 28.0. The molecule has 38 heavy (non-hydrogen) atoms. The summed E-state index contributed by atoms with van der Waals surface area (Å²) in [6.45, 7) is 4.59. The van der Waals surface area contributed by atoms with Crippen LogP contribution in [0.4, 0.5) is 0 Å². The molecule has 10 heteroatoms. The molecule has 2 aromatic carbocycles. The predicted molar refractivity (Wildman–Crippen MR) is 140 cm³/mol. The first-order chi connectivity index (χ1) is 18.5. The monoisotopic (exact) mass is 520 g/mol. The summed E-state index contributed by atoms with van der Waals surface area (Å²) in [5.41, 5.74) is 1.53. The van der Waals surface area contributed by atoms with Crippen molar-refractivity contribution in [1.82, 2.24) is 19.1 Å². The molecule has 200 valence electrons. The van der Waals surface area contributed by atoms with E-state index in [0.29, 0.717) is 44.2 Å². The molecule has 0 saturated carbocycles. The summed E-state index contributed by atoms with van der Waals surface area (Å²) in [5.74, 6) is 0.250. The van der Waals surface area contributed by atoms with Crippen LogP contribution in [0.15, 0.2) is 86.0 Å². The summed E-state index contributed by atoms with van der Waals surface area (Å²) in [6.07, 6.45) is 10.8. The van der Waals surface area contributed by atoms with Gasteiger partial charge in [0.15, 0.2) is 0 Å². The minimum absolute atomic E-state index is 0.0265. The fourth-order valence-corrected chi connectivity index (χ4v) is 3.47. The molecule has 4 rings (SSSR count). The largest absolute Gasteiger partial charge is 0.491 e. The number of hydrogen-bond acceptors (Lipinski definition) is 7. The van der Waals surface area contributed by atoms with Crippen molar-refractivity contribution in [2.75, 3.05) is 19.8 Å². The zero-order valence-electron chi connectivity index (χ0n) is 21.3. The number of para-hydroxylation sites is 2. The number of imidazole rings is 2. The second-order valence-electron chi connectivity index (χ2n) is 8.07. The number of benzene rings is 2. The lowest BCUT2D eigenvalue weighted by Gasteiger charge is -2.11. The number of esters is 1. The second kappa shape index (κ2) is 15.5. The van der Waals surface area contributed by atoms with Crippen LogP contribution in [0.25, 0.3) is 0 Å². The number of hydrogen-bond donors (Lipinski definition) is 1. The molecular weight excluding hydrogens is 488 g/mol. The summed E-state index contributed by atoms with van der Waals surface area (Å²) in [7, 11) is 0. The Kier molecular flexibility index (Phi) is 11.4. The molecule has 0 atom stereocenters. The van der Waals surface area contributed by atoms with Crippen molar-refractivity contribution in [3.63, 3.8) is 0 Å². The highest BCUT2D eigenvalue weighted by Gasteiger charge is 2.09. The summed E-state index contributed by atoms with van der Waals surface area (Å²) < 4.78 is 20.1. The Morgan fingerprint density at radius 2 is 1.29 bits per heavy atom. The maximum absolute atomic E-state index is 11.5. The van der Waals surface area contributed by atoms with E-state index in [4.69, 9.17) is 19.3 Å². The molecule has 0 unspecified atom stereocenters. The molecular formula is C28H32N4O6. The number of nitrogens with zero attached hydrogens (tertiary/aromatic N) is 4. The first-order valence-corrected chi connectivity index (χ1v) is 12.3. The van der Waals surface area contributed by atoms with Crippen molar-refractivity contribution in [1.29, 1.82) is 0 Å². The van der Waals surface area contributed by atoms with Crippen LogP contribution in [0.3, 0.4) is 0 Å². The first-order valence-electron chi connectivity index (χ1n) is 12.3. The Bertz CT molecular complexity index is 1240. The Labute approximate surface area is 221 Å². The van der Waals surface area contributed by atoms with Crippen LogP contribution < -0.4 is 9.47 Å². The molecule has 0 aliphatic heterocycles. The lowest BCUT2D eigenvalue weighted by Crippen LogP contribution is -2.11. The van der Waals surface area contributed by atoms with Crippen LogP contribution in [-0.4, -0.2) is 56.0 Å². The highest BCUT2D eigenvalue weighted by Crippen LogP contribution is 2.19. The van der Waals surface area contributed by atoms with Crippen molar-refractivity contribution in [2.45, 2.75) is 32.9 Å². The van der Waals surface area contributed by atoms with Gasteiger partial charge < -0.3 is 28.5 Å². The number of aliphatic carboxylic acids is 1. The van der Waals surface area contributed by atoms with Crippen LogP contribution in [0.5, 0.6) is 11.5 Å². The number of carbonyl (C=O) groups excluding carboxylic acids is 1. The van der Waals surface area contributed by atoms with E-state index < -0.39 is 5.97 Å². The Morgan fingerprint density at radius 1 is 0.789 bits per heavy atom. The van der Waals surface area contributed by atoms with Crippen LogP contribution >= 0.6 is 0 Å². The van der Waals surface area contributed by atoms with Crippen LogP contribution in [0.1, 0.15) is 18.1 Å². The van der Waals surface area contributed by atoms with Crippen LogP contribution in [-0.2, 0) is 40.3 Å². The molecule has 2 heterocycles. The van der Waals surface area contributed by atoms with E-state index in [-0.39, 0.29) is 18.8 Å². The van der Waals surface area contributed by atoms with Gasteiger partial charge in [0.05, 0.1) is 45.2 Å². The Morgan fingerprint density at radius 3 is 1.74 bits per heavy atom. The van der Waals surface area contributed by atoms with Gasteiger partial charge in [0.1, 0.15) is 24.7 Å². The van der Waals surface area contributed by atoms with E-state index in [2.05, 4.69) is 9.97 Å². The average Bonchev–Trinajstić information content (AvgIpc) is 3.61. The number of rotatable bonds is 13. The zero-order chi connectivity index (χ0) is 27.0. The maximum Gasteiger partial charge on any atom is 0.310 e. The zero-order valence-corrected chi connectivity index (χ0v) is 21.3. The minimum atomic E-state index is -0.861. The van der Waals surface area contributed by atoms with E-state index in [1.807, 2.05) is 51.9 Å². The molecule has 0 saturated heterocycles. The fourth-order valence-electron chi connectivity index (χ4n) is 3.47. The van der Waals surface area contributed by atoms with Crippen LogP contribution in [0.2, 0.25) is 0 Å². The van der Waals surface area contributed by atoms with Crippen molar-refractivity contribution in [3.8, 4) is 11.5 Å². The molecule has 0 spiro atoms. The molecule has 0 fully saturated rings. The third kappa shape index (κ3) is 9.81. The van der Waals surface area contributed by atoms with Crippen molar-refractivity contribution < 1.29 is 28.9 Å². The van der Waals surface area contributed by atoms with Gasteiger partial charge in [-0.3, -0.25) is 9.59 Å². The van der Waals surface area contributed by atoms with Gasteiger partial charge in [-0.05, 0) is 19.1 Å². The maximum atomic E-state index is 11.5. The van der Waals surface area contributed by atoms with Crippen LogP contribution in [0, 0.1) is 0 Å². The SMILES string of the molecule is CCOC(=O)Cc1ccccc1OCCn1ccnc1.O=C(O)Cc1ccccc1OCCn1ccnc1. The van der Waals surface area contributed by atoms with E-state index in [1.165, 1.54) is 0 Å². The lowest BCUT2D eigenvalue weighted by atomic mass is 10.1. The summed E-state index contributed by atoms with van der Waals surface area (Å²) >= 11 is 0. The number of carboxylic acids is 1. The van der Waals surface area contributed by atoms with E-state index in [1.54, 1.807) is 50.2 Å². The van der Waals surface area contributed by atoms with E-state index in [0.717, 1.165) is 11.3 Å². The van der Waals surface area contributed by atoms with Crippen molar-refractivity contribution in [2.24, 2.45) is 0 Å². The number of ether oxygens (including phenoxy) is 3. The van der Waals surface area contributed by atoms with Gasteiger partial charge >= 0.3 is 11.9 Å². The topological polar surface area (TPSA) is 118 Å². The molecule has 0 bridgehead atoms. The molecule has 0 radical (unpaired) electrons. The summed E-state index contributed by atoms with van der Waals surface area (Å²) in [4.78, 5) is 30.2. The summed E-state index contributed by atoms with van der Waals surface area (Å²) in [5, 5.41) is 8.80. The average molecular weight is 521 g/mol. The molecule has 10 nitrogen and oxygen atoms in total. The quantitative estimate of drug-likeness (QED) is 0.266. The van der Waals surface area contributed by atoms with Gasteiger partial charge in [0.25, 0.3) is 0 Å². The second-order valence-corrected chi connectivity index (χ2v) is 8.07. The standard InChI is InChI=1S/C15H18N2O3.C13H14N2O3/c1-2-19-15(18)11-13-5-3-4-6-14(13)20-10-9-17-8-7-16-12-17;16-13(17)9-11-3-1-2-4-12(11)18-8-7-15-6-5-14-10-15/h3-8,12H,2,9-11H2,1H3;1-6,10H,7-9H2,(H,16,17). The molecule has 4 aromatic rings. The van der Waals surface area contributed by atoms with Gasteiger partial charge in [0, 0.05) is 35.9 Å². The molecule has 0 aliphatic carbocycles. The Balaban J connectivity index is 0.000000212. The lowest BCUT2D eigenvalue weighted by molar-refractivity contribution is -0.142. The number of carbonyl (C=O) groups is 2. The number of aromatic nitrogens is 4. The third-order valence-electron chi connectivity index (χ3n) is 5.26. The summed E-state index contributed by atoms with van der Waals surface area (Å²) in [6, 6.07) is 14.7. The van der Waals surface area contributed by atoms with Gasteiger partial charge in [0.2, 0.25) is 0 Å². The molecule has 2 aromatic heterocycles. The van der Waals surface area contributed by atoms with Crippen molar-refractivity contribution >= 4 is 11.9 Å². The van der Waals surface area contributed by atoms with Gasteiger partial charge in [-0.25, -0.2) is 9.97 Å².